The third-order valence-corrected chi connectivity index (χ3v) is 7.04. The first-order valence-corrected chi connectivity index (χ1v) is 12.1. The van der Waals surface area contributed by atoms with Gasteiger partial charge < -0.3 is 4.90 Å². The molecule has 1 aliphatic carbocycles. The number of hydrogen-bond donors (Lipinski definition) is 0. The van der Waals surface area contributed by atoms with E-state index in [4.69, 9.17) is 0 Å². The number of rotatable bonds is 5. The normalized spacial score (nSPS) is 16.5. The zero-order chi connectivity index (χ0) is 22.5. The van der Waals surface area contributed by atoms with Gasteiger partial charge in [-0.25, -0.2) is 0 Å². The van der Waals surface area contributed by atoms with E-state index in [2.05, 4.69) is 83.8 Å². The minimum atomic E-state index is 0.000150. The molecule has 1 atom stereocenters. The smallest absolute Gasteiger partial charge is 0.0713 e. The molecular weight excluding hydrogens is 400 g/mol. The molecule has 1 fully saturated rings. The van der Waals surface area contributed by atoms with Gasteiger partial charge in [0.05, 0.1) is 12.0 Å². The fraction of sp³-hybridized carbons (Fsp3) is 0.258. The van der Waals surface area contributed by atoms with E-state index in [1.807, 2.05) is 18.2 Å². The molecule has 0 spiro atoms. The van der Waals surface area contributed by atoms with E-state index in [1.165, 1.54) is 27.8 Å². The van der Waals surface area contributed by atoms with Crippen LogP contribution in [0.5, 0.6) is 0 Å². The van der Waals surface area contributed by atoms with Crippen LogP contribution in [0.25, 0.3) is 17.7 Å². The number of nitriles is 1. The zero-order valence-electron chi connectivity index (χ0n) is 19.1. The number of likely N-dealkylation sites (tertiary alicyclic amines) is 1. The molecule has 0 N–H and O–H groups in total. The molecule has 1 unspecified atom stereocenters. The van der Waals surface area contributed by atoms with Crippen molar-refractivity contribution in [3.8, 4) is 6.07 Å². The number of fused-ring (bicyclic) bond motifs is 2. The summed E-state index contributed by atoms with van der Waals surface area (Å²) in [6.45, 7) is 3.26. The summed E-state index contributed by atoms with van der Waals surface area (Å²) in [5.74, 6) is 0.000150. The third-order valence-electron chi connectivity index (χ3n) is 7.04. The minimum absolute atomic E-state index is 0.000150. The summed E-state index contributed by atoms with van der Waals surface area (Å²) in [6, 6.07) is 30.3. The van der Waals surface area contributed by atoms with Gasteiger partial charge in [-0.3, -0.25) is 0 Å². The Balaban J connectivity index is 1.29. The van der Waals surface area contributed by atoms with Crippen LogP contribution < -0.4 is 0 Å². The van der Waals surface area contributed by atoms with Crippen molar-refractivity contribution in [1.29, 1.82) is 5.26 Å². The molecule has 1 saturated heterocycles. The van der Waals surface area contributed by atoms with Crippen LogP contribution in [0.1, 0.15) is 59.4 Å². The SMILES string of the molecule is N#CC(CCCN1CCC(=C2c3ccccc3C=Cc3ccccc32)CC1)c1ccccc1. The summed E-state index contributed by atoms with van der Waals surface area (Å²) in [4.78, 5) is 2.58. The standard InChI is InChI=1S/C31H30N2/c32-23-28(24-9-2-1-3-10-24)13-8-20-33-21-18-27(19-22-33)31-29-14-6-4-11-25(29)16-17-26-12-5-7-15-30(26)31/h1-7,9-12,14-17,28H,8,13,18-22H2. The van der Waals surface area contributed by atoms with E-state index in [9.17, 15) is 5.26 Å². The molecule has 0 amide bonds. The summed E-state index contributed by atoms with van der Waals surface area (Å²) in [7, 11) is 0. The van der Waals surface area contributed by atoms with Crippen LogP contribution in [-0.2, 0) is 0 Å². The average Bonchev–Trinajstić information content (AvgIpc) is 3.05. The van der Waals surface area contributed by atoms with Crippen molar-refractivity contribution in [3.63, 3.8) is 0 Å². The maximum absolute atomic E-state index is 9.60. The number of nitrogens with zero attached hydrogens (tertiary/aromatic N) is 2. The number of piperidine rings is 1. The van der Waals surface area contributed by atoms with Crippen molar-refractivity contribution in [1.82, 2.24) is 4.90 Å². The predicted octanol–water partition coefficient (Wildman–Crippen LogP) is 7.16. The molecule has 1 heterocycles. The Labute approximate surface area is 197 Å². The van der Waals surface area contributed by atoms with Crippen molar-refractivity contribution >= 4 is 17.7 Å². The highest BCUT2D eigenvalue weighted by atomic mass is 15.1. The van der Waals surface area contributed by atoms with E-state index in [1.54, 1.807) is 5.57 Å². The molecule has 0 aromatic heterocycles. The second-order valence-corrected chi connectivity index (χ2v) is 9.06. The van der Waals surface area contributed by atoms with Crippen LogP contribution in [0.4, 0.5) is 0 Å². The minimum Gasteiger partial charge on any atom is -0.303 e. The fourth-order valence-corrected chi connectivity index (χ4v) is 5.25. The first-order valence-electron chi connectivity index (χ1n) is 12.1. The second-order valence-electron chi connectivity index (χ2n) is 9.06. The first-order chi connectivity index (χ1) is 16.3. The Morgan fingerprint density at radius 3 is 1.94 bits per heavy atom. The predicted molar refractivity (Wildman–Crippen MR) is 138 cm³/mol. The molecule has 33 heavy (non-hydrogen) atoms. The Morgan fingerprint density at radius 2 is 1.33 bits per heavy atom. The van der Waals surface area contributed by atoms with Gasteiger partial charge in [-0.15, -0.1) is 0 Å². The van der Waals surface area contributed by atoms with E-state index >= 15 is 0 Å². The molecule has 2 heteroatoms. The largest absolute Gasteiger partial charge is 0.303 e. The molecule has 2 aliphatic rings. The van der Waals surface area contributed by atoms with Crippen LogP contribution >= 0.6 is 0 Å². The van der Waals surface area contributed by atoms with Crippen molar-refractivity contribution in [2.45, 2.75) is 31.6 Å². The maximum Gasteiger partial charge on any atom is 0.0713 e. The summed E-state index contributed by atoms with van der Waals surface area (Å²) < 4.78 is 0. The van der Waals surface area contributed by atoms with E-state index < -0.39 is 0 Å². The second kappa shape index (κ2) is 10.0. The van der Waals surface area contributed by atoms with Crippen molar-refractivity contribution in [2.24, 2.45) is 0 Å². The number of benzene rings is 3. The summed E-state index contributed by atoms with van der Waals surface area (Å²) >= 11 is 0. The van der Waals surface area contributed by atoms with Gasteiger partial charge in [0.25, 0.3) is 0 Å². The Kier molecular flexibility index (Phi) is 6.51. The van der Waals surface area contributed by atoms with E-state index in [-0.39, 0.29) is 5.92 Å². The van der Waals surface area contributed by atoms with Crippen LogP contribution in [0.15, 0.2) is 84.4 Å². The summed E-state index contributed by atoms with van der Waals surface area (Å²) in [5.41, 5.74) is 9.51. The van der Waals surface area contributed by atoms with Crippen molar-refractivity contribution in [2.75, 3.05) is 19.6 Å². The lowest BCUT2D eigenvalue weighted by Crippen LogP contribution is -2.32. The molecule has 5 rings (SSSR count). The molecule has 0 radical (unpaired) electrons. The van der Waals surface area contributed by atoms with Crippen LogP contribution in [0.2, 0.25) is 0 Å². The topological polar surface area (TPSA) is 27.0 Å². The molecule has 0 saturated carbocycles. The van der Waals surface area contributed by atoms with E-state index in [0.29, 0.717) is 0 Å². The lowest BCUT2D eigenvalue weighted by atomic mass is 9.86. The van der Waals surface area contributed by atoms with Gasteiger partial charge in [-0.05, 0) is 65.6 Å². The van der Waals surface area contributed by atoms with Gasteiger partial charge in [0.2, 0.25) is 0 Å². The average molecular weight is 431 g/mol. The van der Waals surface area contributed by atoms with E-state index in [0.717, 1.165) is 50.9 Å². The highest BCUT2D eigenvalue weighted by molar-refractivity contribution is 5.94. The van der Waals surface area contributed by atoms with Crippen LogP contribution in [-0.4, -0.2) is 24.5 Å². The molecule has 2 nitrogen and oxygen atoms in total. The molecule has 164 valence electrons. The molecule has 1 aliphatic heterocycles. The van der Waals surface area contributed by atoms with Crippen molar-refractivity contribution < 1.29 is 0 Å². The lowest BCUT2D eigenvalue weighted by molar-refractivity contribution is 0.251. The van der Waals surface area contributed by atoms with Crippen LogP contribution in [0.3, 0.4) is 0 Å². The Bertz CT molecular complexity index is 1150. The van der Waals surface area contributed by atoms with Gasteiger partial charge >= 0.3 is 0 Å². The van der Waals surface area contributed by atoms with Crippen molar-refractivity contribution in [3.05, 3.63) is 112 Å². The lowest BCUT2D eigenvalue weighted by Gasteiger charge is -2.30. The zero-order valence-corrected chi connectivity index (χ0v) is 19.1. The fourth-order valence-electron chi connectivity index (χ4n) is 5.25. The van der Waals surface area contributed by atoms with Gasteiger partial charge in [0.1, 0.15) is 0 Å². The maximum atomic E-state index is 9.60. The Morgan fingerprint density at radius 1 is 0.758 bits per heavy atom. The van der Waals surface area contributed by atoms with Gasteiger partial charge in [-0.1, -0.05) is 96.6 Å². The highest BCUT2D eigenvalue weighted by Gasteiger charge is 2.22. The third kappa shape index (κ3) is 4.70. The van der Waals surface area contributed by atoms with Gasteiger partial charge in [0.15, 0.2) is 0 Å². The summed E-state index contributed by atoms with van der Waals surface area (Å²) in [5, 5.41) is 9.60. The summed E-state index contributed by atoms with van der Waals surface area (Å²) in [6.07, 6.45) is 8.73. The first kappa shape index (κ1) is 21.4. The monoisotopic (exact) mass is 430 g/mol. The molecule has 3 aromatic rings. The molecule has 0 bridgehead atoms. The quantitative estimate of drug-likeness (QED) is 0.336. The van der Waals surface area contributed by atoms with Gasteiger partial charge in [0, 0.05) is 13.1 Å². The Hall–Kier alpha value is -3.41. The molecule has 3 aromatic carbocycles. The highest BCUT2D eigenvalue weighted by Crippen LogP contribution is 2.38. The van der Waals surface area contributed by atoms with Crippen LogP contribution in [0, 0.1) is 11.3 Å². The molecular formula is C31H30N2. The van der Waals surface area contributed by atoms with Gasteiger partial charge in [-0.2, -0.15) is 5.26 Å². The number of hydrogen-bond acceptors (Lipinski definition) is 2.